The SMILES string of the molecule is C=C[C@@H]1[C@H]2C(=O)[C@H](O)C[C@@H](C)[C@]2(C)CC[C@H]1C(=O)O. The van der Waals surface area contributed by atoms with E-state index in [4.69, 9.17) is 0 Å². The Kier molecular flexibility index (Phi) is 3.56. The van der Waals surface area contributed by atoms with Gasteiger partial charge in [-0.05, 0) is 30.6 Å². The molecule has 2 fully saturated rings. The van der Waals surface area contributed by atoms with Crippen molar-refractivity contribution in [3.8, 4) is 0 Å². The zero-order valence-electron chi connectivity index (χ0n) is 11.5. The van der Waals surface area contributed by atoms with Crippen LogP contribution < -0.4 is 0 Å². The van der Waals surface area contributed by atoms with Gasteiger partial charge in [-0.3, -0.25) is 9.59 Å². The first-order valence-electron chi connectivity index (χ1n) is 6.90. The van der Waals surface area contributed by atoms with Crippen LogP contribution in [0.25, 0.3) is 0 Å². The van der Waals surface area contributed by atoms with Gasteiger partial charge in [0.1, 0.15) is 6.10 Å². The van der Waals surface area contributed by atoms with Crippen LogP contribution in [0, 0.1) is 29.1 Å². The number of hydrogen-bond acceptors (Lipinski definition) is 3. The normalized spacial score (nSPS) is 46.5. The lowest BCUT2D eigenvalue weighted by molar-refractivity contribution is -0.161. The predicted molar refractivity (Wildman–Crippen MR) is 70.4 cm³/mol. The first-order chi connectivity index (χ1) is 8.82. The molecule has 106 valence electrons. The van der Waals surface area contributed by atoms with Crippen molar-refractivity contribution in [2.75, 3.05) is 0 Å². The molecule has 2 rings (SSSR count). The predicted octanol–water partition coefficient (Wildman–Crippen LogP) is 1.88. The van der Waals surface area contributed by atoms with E-state index in [1.165, 1.54) is 0 Å². The molecule has 0 aromatic rings. The standard InChI is InChI=1S/C15H22O4/c1-4-9-10(14(18)19)5-6-15(3)8(2)7-11(16)13(17)12(9)15/h4,8-12,16H,1,5-7H2,2-3H3,(H,18,19)/t8-,9+,10-,11-,12+,15+/m1/s1. The highest BCUT2D eigenvalue weighted by Gasteiger charge is 2.56. The summed E-state index contributed by atoms with van der Waals surface area (Å²) in [6, 6.07) is 0. The third-order valence-corrected chi connectivity index (χ3v) is 5.48. The van der Waals surface area contributed by atoms with Crippen LogP contribution in [0.1, 0.15) is 33.1 Å². The lowest BCUT2D eigenvalue weighted by Gasteiger charge is -2.53. The molecule has 0 unspecified atom stereocenters. The summed E-state index contributed by atoms with van der Waals surface area (Å²) in [7, 11) is 0. The van der Waals surface area contributed by atoms with Gasteiger partial charge in [-0.15, -0.1) is 6.58 Å². The summed E-state index contributed by atoms with van der Waals surface area (Å²) >= 11 is 0. The quantitative estimate of drug-likeness (QED) is 0.748. The Labute approximate surface area is 113 Å². The van der Waals surface area contributed by atoms with Crippen LogP contribution in [-0.2, 0) is 9.59 Å². The van der Waals surface area contributed by atoms with Crippen LogP contribution in [0.3, 0.4) is 0 Å². The van der Waals surface area contributed by atoms with Gasteiger partial charge < -0.3 is 10.2 Å². The number of carbonyl (C=O) groups excluding carboxylic acids is 1. The van der Waals surface area contributed by atoms with Gasteiger partial charge in [0.2, 0.25) is 0 Å². The smallest absolute Gasteiger partial charge is 0.307 e. The third-order valence-electron chi connectivity index (χ3n) is 5.48. The Bertz CT molecular complexity index is 416. The fraction of sp³-hybridized carbons (Fsp3) is 0.733. The van der Waals surface area contributed by atoms with Gasteiger partial charge in [0, 0.05) is 11.8 Å². The van der Waals surface area contributed by atoms with Crippen molar-refractivity contribution < 1.29 is 19.8 Å². The topological polar surface area (TPSA) is 74.6 Å². The maximum absolute atomic E-state index is 12.4. The van der Waals surface area contributed by atoms with E-state index in [1.807, 2.05) is 6.92 Å². The number of carboxylic acids is 1. The van der Waals surface area contributed by atoms with E-state index < -0.39 is 23.9 Å². The van der Waals surface area contributed by atoms with Crippen molar-refractivity contribution in [2.24, 2.45) is 29.1 Å². The fourth-order valence-corrected chi connectivity index (χ4v) is 4.07. The minimum atomic E-state index is -0.955. The first kappa shape index (κ1) is 14.3. The Morgan fingerprint density at radius 2 is 2.16 bits per heavy atom. The van der Waals surface area contributed by atoms with Gasteiger partial charge in [-0.2, -0.15) is 0 Å². The van der Waals surface area contributed by atoms with Crippen molar-refractivity contribution in [3.63, 3.8) is 0 Å². The van der Waals surface area contributed by atoms with Crippen LogP contribution >= 0.6 is 0 Å². The molecule has 0 saturated heterocycles. The molecule has 19 heavy (non-hydrogen) atoms. The Hall–Kier alpha value is -1.16. The van der Waals surface area contributed by atoms with Gasteiger partial charge in [-0.25, -0.2) is 0 Å². The van der Waals surface area contributed by atoms with Crippen molar-refractivity contribution in [1.82, 2.24) is 0 Å². The van der Waals surface area contributed by atoms with E-state index >= 15 is 0 Å². The Morgan fingerprint density at radius 3 is 2.68 bits per heavy atom. The monoisotopic (exact) mass is 266 g/mol. The molecule has 0 radical (unpaired) electrons. The molecule has 4 heteroatoms. The molecule has 2 aliphatic rings. The zero-order chi connectivity index (χ0) is 14.4. The van der Waals surface area contributed by atoms with Gasteiger partial charge in [-0.1, -0.05) is 19.9 Å². The summed E-state index contributed by atoms with van der Waals surface area (Å²) in [6.45, 7) is 7.83. The molecule has 0 aromatic heterocycles. The van der Waals surface area contributed by atoms with Crippen LogP contribution in [0.2, 0.25) is 0 Å². The summed E-state index contributed by atoms with van der Waals surface area (Å²) in [5.41, 5.74) is -0.221. The number of allylic oxidation sites excluding steroid dienone is 1. The molecule has 2 aliphatic carbocycles. The molecule has 2 saturated carbocycles. The maximum atomic E-state index is 12.4. The summed E-state index contributed by atoms with van der Waals surface area (Å²) in [5.74, 6) is -2.21. The fourth-order valence-electron chi connectivity index (χ4n) is 4.07. The minimum Gasteiger partial charge on any atom is -0.481 e. The average Bonchev–Trinajstić information content (AvgIpc) is 2.35. The maximum Gasteiger partial charge on any atom is 0.307 e. The van der Waals surface area contributed by atoms with E-state index in [-0.39, 0.29) is 23.0 Å². The van der Waals surface area contributed by atoms with Crippen LogP contribution in [-0.4, -0.2) is 28.1 Å². The van der Waals surface area contributed by atoms with Gasteiger partial charge >= 0.3 is 5.97 Å². The number of fused-ring (bicyclic) bond motifs is 1. The summed E-state index contributed by atoms with van der Waals surface area (Å²) in [5, 5.41) is 19.2. The second-order valence-corrected chi connectivity index (χ2v) is 6.33. The highest BCUT2D eigenvalue weighted by Crippen LogP contribution is 2.55. The number of aliphatic hydroxyl groups is 1. The highest BCUT2D eigenvalue weighted by molar-refractivity contribution is 5.88. The Balaban J connectivity index is 2.43. The lowest BCUT2D eigenvalue weighted by atomic mass is 9.50. The first-order valence-corrected chi connectivity index (χ1v) is 6.90. The molecule has 4 nitrogen and oxygen atoms in total. The molecule has 0 aromatic carbocycles. The van der Waals surface area contributed by atoms with E-state index in [1.54, 1.807) is 6.08 Å². The van der Waals surface area contributed by atoms with Gasteiger partial charge in [0.25, 0.3) is 0 Å². The van der Waals surface area contributed by atoms with E-state index in [2.05, 4.69) is 13.5 Å². The molecular weight excluding hydrogens is 244 g/mol. The average molecular weight is 266 g/mol. The van der Waals surface area contributed by atoms with Crippen molar-refractivity contribution in [3.05, 3.63) is 12.7 Å². The second-order valence-electron chi connectivity index (χ2n) is 6.33. The van der Waals surface area contributed by atoms with Crippen LogP contribution in [0.5, 0.6) is 0 Å². The number of aliphatic carboxylic acids is 1. The molecule has 0 amide bonds. The third kappa shape index (κ3) is 2.02. The number of rotatable bonds is 2. The molecule has 0 bridgehead atoms. The molecule has 6 atom stereocenters. The zero-order valence-corrected chi connectivity index (χ0v) is 11.5. The Morgan fingerprint density at radius 1 is 1.53 bits per heavy atom. The molecule has 0 spiro atoms. The van der Waals surface area contributed by atoms with Crippen LogP contribution in [0.4, 0.5) is 0 Å². The number of carboxylic acid groups (broad SMARTS) is 1. The van der Waals surface area contributed by atoms with Gasteiger partial charge in [0.05, 0.1) is 5.92 Å². The largest absolute Gasteiger partial charge is 0.481 e. The molecule has 2 N–H and O–H groups in total. The lowest BCUT2D eigenvalue weighted by Crippen LogP contribution is -2.56. The van der Waals surface area contributed by atoms with Crippen molar-refractivity contribution >= 4 is 11.8 Å². The van der Waals surface area contributed by atoms with E-state index in [9.17, 15) is 19.8 Å². The van der Waals surface area contributed by atoms with E-state index in [0.29, 0.717) is 12.8 Å². The summed E-state index contributed by atoms with van der Waals surface area (Å²) in [4.78, 5) is 23.7. The summed E-state index contributed by atoms with van der Waals surface area (Å²) < 4.78 is 0. The number of carbonyl (C=O) groups is 2. The van der Waals surface area contributed by atoms with Crippen LogP contribution in [0.15, 0.2) is 12.7 Å². The van der Waals surface area contributed by atoms with E-state index in [0.717, 1.165) is 6.42 Å². The molecule has 0 heterocycles. The number of hydrogen-bond donors (Lipinski definition) is 2. The van der Waals surface area contributed by atoms with Crippen molar-refractivity contribution in [1.29, 1.82) is 0 Å². The minimum absolute atomic E-state index is 0.198. The summed E-state index contributed by atoms with van der Waals surface area (Å²) in [6.07, 6.45) is 2.42. The highest BCUT2D eigenvalue weighted by atomic mass is 16.4. The van der Waals surface area contributed by atoms with Crippen molar-refractivity contribution in [2.45, 2.75) is 39.2 Å². The number of Topliss-reactive ketones (excluding diaryl/α,β-unsaturated/α-hetero) is 1. The second kappa shape index (κ2) is 4.75. The van der Waals surface area contributed by atoms with Gasteiger partial charge in [0.15, 0.2) is 5.78 Å². The molecule has 0 aliphatic heterocycles. The number of aliphatic hydroxyl groups excluding tert-OH is 1. The number of ketones is 1. The molecular formula is C15H22O4.